The monoisotopic (exact) mass is 378 g/mol. The highest BCUT2D eigenvalue weighted by Gasteiger charge is 2.30. The first-order valence-electron chi connectivity index (χ1n) is 7.56. The summed E-state index contributed by atoms with van der Waals surface area (Å²) >= 11 is 4.84. The summed E-state index contributed by atoms with van der Waals surface area (Å²) in [6.07, 6.45) is -2.58. The SMILES string of the molecule is O=c1[nH]c(=S)[nH]cc1Cc1cccc(Oc2cccc(C(F)(F)F)c2)c1. The smallest absolute Gasteiger partial charge is 0.416 e. The minimum atomic E-state index is -4.43. The van der Waals surface area contributed by atoms with E-state index in [4.69, 9.17) is 17.0 Å². The largest absolute Gasteiger partial charge is 0.457 e. The maximum absolute atomic E-state index is 12.8. The lowest BCUT2D eigenvalue weighted by Gasteiger charge is -2.11. The van der Waals surface area contributed by atoms with Crippen LogP contribution in [-0.2, 0) is 12.6 Å². The Labute approximate surface area is 151 Å². The second-order valence-electron chi connectivity index (χ2n) is 5.55. The van der Waals surface area contributed by atoms with E-state index in [1.54, 1.807) is 24.3 Å². The highest BCUT2D eigenvalue weighted by Crippen LogP contribution is 2.32. The number of aromatic amines is 2. The molecule has 0 bridgehead atoms. The van der Waals surface area contributed by atoms with Crippen LogP contribution in [0.3, 0.4) is 0 Å². The fourth-order valence-corrected chi connectivity index (χ4v) is 2.53. The number of halogens is 3. The van der Waals surface area contributed by atoms with Crippen LogP contribution in [0.4, 0.5) is 13.2 Å². The second kappa shape index (κ2) is 7.17. The Balaban J connectivity index is 1.82. The molecule has 4 nitrogen and oxygen atoms in total. The molecule has 0 aliphatic rings. The topological polar surface area (TPSA) is 57.9 Å². The molecular formula is C18H13F3N2O2S. The molecular weight excluding hydrogens is 365 g/mol. The fraction of sp³-hybridized carbons (Fsp3) is 0.111. The quantitative estimate of drug-likeness (QED) is 0.639. The summed E-state index contributed by atoms with van der Waals surface area (Å²) in [5, 5.41) is 0. The van der Waals surface area contributed by atoms with Crippen molar-refractivity contribution in [1.29, 1.82) is 0 Å². The molecule has 0 fully saturated rings. The highest BCUT2D eigenvalue weighted by atomic mass is 32.1. The molecule has 0 unspecified atom stereocenters. The maximum Gasteiger partial charge on any atom is 0.416 e. The van der Waals surface area contributed by atoms with E-state index >= 15 is 0 Å². The molecule has 0 amide bonds. The zero-order valence-corrected chi connectivity index (χ0v) is 14.1. The Morgan fingerprint density at radius 1 is 1.04 bits per heavy atom. The summed E-state index contributed by atoms with van der Waals surface area (Å²) in [5.41, 5.74) is 0.176. The van der Waals surface area contributed by atoms with Gasteiger partial charge in [-0.25, -0.2) is 0 Å². The van der Waals surface area contributed by atoms with Gasteiger partial charge in [0.15, 0.2) is 4.77 Å². The zero-order valence-electron chi connectivity index (χ0n) is 13.3. The molecule has 0 spiro atoms. The van der Waals surface area contributed by atoms with Crippen LogP contribution in [0, 0.1) is 4.77 Å². The minimum absolute atomic E-state index is 0.0821. The van der Waals surface area contributed by atoms with Gasteiger partial charge >= 0.3 is 6.18 Å². The van der Waals surface area contributed by atoms with Crippen molar-refractivity contribution < 1.29 is 17.9 Å². The summed E-state index contributed by atoms with van der Waals surface area (Å²) in [6, 6.07) is 11.5. The van der Waals surface area contributed by atoms with Crippen LogP contribution in [0.5, 0.6) is 11.5 Å². The number of benzene rings is 2. The molecule has 0 radical (unpaired) electrons. The summed E-state index contributed by atoms with van der Waals surface area (Å²) in [4.78, 5) is 17.1. The number of rotatable bonds is 4. The molecule has 1 aromatic heterocycles. The van der Waals surface area contributed by atoms with Gasteiger partial charge in [-0.05, 0) is 48.1 Å². The first-order valence-corrected chi connectivity index (χ1v) is 7.97. The van der Waals surface area contributed by atoms with E-state index in [0.717, 1.165) is 17.7 Å². The molecule has 134 valence electrons. The molecule has 26 heavy (non-hydrogen) atoms. The molecule has 0 saturated carbocycles. The predicted octanol–water partition coefficient (Wildman–Crippen LogP) is 4.83. The normalized spacial score (nSPS) is 11.3. The van der Waals surface area contributed by atoms with E-state index in [1.165, 1.54) is 18.3 Å². The van der Waals surface area contributed by atoms with Crippen LogP contribution in [-0.4, -0.2) is 9.97 Å². The Bertz CT molecular complexity index is 1040. The number of hydrogen-bond acceptors (Lipinski definition) is 3. The van der Waals surface area contributed by atoms with Gasteiger partial charge in [-0.2, -0.15) is 13.2 Å². The van der Waals surface area contributed by atoms with Crippen molar-refractivity contribution in [2.75, 3.05) is 0 Å². The summed E-state index contributed by atoms with van der Waals surface area (Å²) in [7, 11) is 0. The molecule has 0 saturated heterocycles. The van der Waals surface area contributed by atoms with E-state index in [-0.39, 0.29) is 16.1 Å². The lowest BCUT2D eigenvalue weighted by Crippen LogP contribution is -2.13. The van der Waals surface area contributed by atoms with Gasteiger partial charge in [0.1, 0.15) is 11.5 Å². The van der Waals surface area contributed by atoms with E-state index < -0.39 is 11.7 Å². The zero-order chi connectivity index (χ0) is 18.7. The van der Waals surface area contributed by atoms with Crippen LogP contribution in [0.2, 0.25) is 0 Å². The summed E-state index contributed by atoms with van der Waals surface area (Å²) in [6.45, 7) is 0. The van der Waals surface area contributed by atoms with Gasteiger partial charge in [0.2, 0.25) is 0 Å². The Hall–Kier alpha value is -2.87. The van der Waals surface area contributed by atoms with Crippen molar-refractivity contribution in [3.8, 4) is 11.5 Å². The van der Waals surface area contributed by atoms with Crippen LogP contribution >= 0.6 is 12.2 Å². The van der Waals surface area contributed by atoms with Crippen molar-refractivity contribution in [2.24, 2.45) is 0 Å². The van der Waals surface area contributed by atoms with Crippen molar-refractivity contribution in [2.45, 2.75) is 12.6 Å². The highest BCUT2D eigenvalue weighted by molar-refractivity contribution is 7.71. The lowest BCUT2D eigenvalue weighted by molar-refractivity contribution is -0.137. The third kappa shape index (κ3) is 4.40. The third-order valence-corrected chi connectivity index (χ3v) is 3.81. The molecule has 8 heteroatoms. The Morgan fingerprint density at radius 3 is 2.42 bits per heavy atom. The van der Waals surface area contributed by atoms with Gasteiger partial charge in [-0.15, -0.1) is 0 Å². The maximum atomic E-state index is 12.8. The number of ether oxygens (including phenoxy) is 1. The van der Waals surface area contributed by atoms with Crippen molar-refractivity contribution in [1.82, 2.24) is 9.97 Å². The number of H-pyrrole nitrogens is 2. The standard InChI is InChI=1S/C18H13F3N2O2S/c19-18(20,21)13-4-2-6-15(9-13)25-14-5-1-3-11(8-14)7-12-10-22-17(26)23-16(12)24/h1-6,8-10H,7H2,(H2,22,23,24,26). The molecule has 2 aromatic carbocycles. The molecule has 0 atom stereocenters. The van der Waals surface area contributed by atoms with Crippen molar-refractivity contribution in [3.05, 3.63) is 86.5 Å². The van der Waals surface area contributed by atoms with Crippen LogP contribution < -0.4 is 10.3 Å². The van der Waals surface area contributed by atoms with Gasteiger partial charge in [0.25, 0.3) is 5.56 Å². The lowest BCUT2D eigenvalue weighted by atomic mass is 10.1. The van der Waals surface area contributed by atoms with Gasteiger partial charge < -0.3 is 9.72 Å². The number of hydrogen-bond donors (Lipinski definition) is 2. The minimum Gasteiger partial charge on any atom is -0.457 e. The second-order valence-corrected chi connectivity index (χ2v) is 5.96. The molecule has 0 aliphatic carbocycles. The van der Waals surface area contributed by atoms with Crippen LogP contribution in [0.15, 0.2) is 59.5 Å². The Kier molecular flexibility index (Phi) is 4.94. The molecule has 2 N–H and O–H groups in total. The molecule has 3 aromatic rings. The third-order valence-electron chi connectivity index (χ3n) is 3.59. The van der Waals surface area contributed by atoms with Crippen LogP contribution in [0.1, 0.15) is 16.7 Å². The van der Waals surface area contributed by atoms with Gasteiger partial charge in [-0.3, -0.25) is 9.78 Å². The van der Waals surface area contributed by atoms with Crippen molar-refractivity contribution in [3.63, 3.8) is 0 Å². The first kappa shape index (κ1) is 17.9. The number of nitrogens with one attached hydrogen (secondary N) is 2. The Morgan fingerprint density at radius 2 is 1.73 bits per heavy atom. The van der Waals surface area contributed by atoms with E-state index in [9.17, 15) is 18.0 Å². The van der Waals surface area contributed by atoms with Gasteiger partial charge in [0, 0.05) is 18.2 Å². The van der Waals surface area contributed by atoms with E-state index in [2.05, 4.69) is 9.97 Å². The first-order chi connectivity index (χ1) is 12.3. The average molecular weight is 378 g/mol. The summed E-state index contributed by atoms with van der Waals surface area (Å²) < 4.78 is 44.1. The van der Waals surface area contributed by atoms with Gasteiger partial charge in [-0.1, -0.05) is 18.2 Å². The van der Waals surface area contributed by atoms with Crippen LogP contribution in [0.25, 0.3) is 0 Å². The van der Waals surface area contributed by atoms with E-state index in [0.29, 0.717) is 17.7 Å². The number of aromatic nitrogens is 2. The number of alkyl halides is 3. The molecule has 1 heterocycles. The van der Waals surface area contributed by atoms with Crippen molar-refractivity contribution >= 4 is 12.2 Å². The van der Waals surface area contributed by atoms with E-state index in [1.807, 2.05) is 0 Å². The fourth-order valence-electron chi connectivity index (χ4n) is 2.38. The predicted molar refractivity (Wildman–Crippen MR) is 93.0 cm³/mol. The average Bonchev–Trinajstić information content (AvgIpc) is 2.57. The van der Waals surface area contributed by atoms with Gasteiger partial charge in [0.05, 0.1) is 5.56 Å². The molecule has 0 aliphatic heterocycles. The molecule has 3 rings (SSSR count). The summed E-state index contributed by atoms with van der Waals surface area (Å²) in [5.74, 6) is 0.459.